The zero-order valence-electron chi connectivity index (χ0n) is 18.7. The zero-order valence-corrected chi connectivity index (χ0v) is 18.7. The summed E-state index contributed by atoms with van der Waals surface area (Å²) in [5.41, 5.74) is 6.04. The van der Waals surface area contributed by atoms with Crippen molar-refractivity contribution in [1.29, 1.82) is 0 Å². The number of H-pyrrole nitrogens is 1. The second-order valence-electron chi connectivity index (χ2n) is 8.50. The van der Waals surface area contributed by atoms with Gasteiger partial charge in [0.1, 0.15) is 0 Å². The van der Waals surface area contributed by atoms with Gasteiger partial charge in [0, 0.05) is 48.8 Å². The molecule has 2 aromatic rings. The molecule has 2 amide bonds. The van der Waals surface area contributed by atoms with Crippen LogP contribution in [0.5, 0.6) is 0 Å². The number of aliphatic hydroxyl groups is 1. The molecule has 1 aromatic carbocycles. The number of hydrogen-bond donors (Lipinski definition) is 4. The minimum atomic E-state index is -0.653. The van der Waals surface area contributed by atoms with E-state index >= 15 is 0 Å². The van der Waals surface area contributed by atoms with Crippen LogP contribution in [0.3, 0.4) is 0 Å². The van der Waals surface area contributed by atoms with Crippen LogP contribution in [0.25, 0.3) is 11.6 Å². The third-order valence-electron chi connectivity index (χ3n) is 6.02. The van der Waals surface area contributed by atoms with Gasteiger partial charge >= 0.3 is 0 Å². The number of amides is 2. The minimum absolute atomic E-state index is 0.158. The molecule has 4 rings (SSSR count). The molecule has 1 aromatic heterocycles. The summed E-state index contributed by atoms with van der Waals surface area (Å²) in [5, 5.41) is 16.0. The van der Waals surface area contributed by atoms with Crippen molar-refractivity contribution in [3.8, 4) is 0 Å². The van der Waals surface area contributed by atoms with E-state index in [1.807, 2.05) is 39.0 Å². The van der Waals surface area contributed by atoms with Crippen LogP contribution in [-0.4, -0.2) is 72.3 Å². The molecule has 1 saturated heterocycles. The standard InChI is InChI=1S/C24H30N4O4/c1-14-4-5-20-18(10-14)19(23(30)27-20)11-21-15(2)22(16(3)26-21)24(31)25-12-17(29)13-28-6-8-32-9-7-28/h4-5,10-11,17,26,29H,6-9,12-13H2,1-3H3,(H,25,31)(H,27,30)/b19-11-. The Morgan fingerprint density at radius 3 is 2.78 bits per heavy atom. The lowest BCUT2D eigenvalue weighted by Gasteiger charge is -2.28. The number of β-amino-alcohol motifs (C(OH)–C–C–N with tert-alkyl or cyclic N) is 1. The Bertz CT molecular complexity index is 1070. The van der Waals surface area contributed by atoms with Crippen molar-refractivity contribution in [2.24, 2.45) is 0 Å². The van der Waals surface area contributed by atoms with Gasteiger partial charge in [0.2, 0.25) is 0 Å². The Kier molecular flexibility index (Phi) is 6.45. The summed E-state index contributed by atoms with van der Waals surface area (Å²) in [4.78, 5) is 30.7. The molecule has 0 spiro atoms. The number of nitrogens with one attached hydrogen (secondary N) is 3. The van der Waals surface area contributed by atoms with Gasteiger partial charge in [-0.05, 0) is 44.5 Å². The Morgan fingerprint density at radius 1 is 1.28 bits per heavy atom. The first kappa shape index (κ1) is 22.3. The van der Waals surface area contributed by atoms with E-state index in [1.165, 1.54) is 0 Å². The number of aromatic nitrogens is 1. The average Bonchev–Trinajstić information content (AvgIpc) is 3.22. The molecule has 32 heavy (non-hydrogen) atoms. The number of hydrogen-bond acceptors (Lipinski definition) is 5. The second kappa shape index (κ2) is 9.28. The summed E-state index contributed by atoms with van der Waals surface area (Å²) in [6.07, 6.45) is 1.15. The molecule has 170 valence electrons. The predicted octanol–water partition coefficient (Wildman–Crippen LogP) is 1.86. The molecular weight excluding hydrogens is 408 g/mol. The quantitative estimate of drug-likeness (QED) is 0.515. The van der Waals surface area contributed by atoms with Gasteiger partial charge in [-0.25, -0.2) is 0 Å². The SMILES string of the molecule is Cc1ccc2c(c1)/C(=C/c1[nH]c(C)c(C(=O)NCC(O)CN3CCOCC3)c1C)C(=O)N2. The molecule has 0 aliphatic carbocycles. The molecule has 4 N–H and O–H groups in total. The van der Waals surface area contributed by atoms with Gasteiger partial charge in [0.05, 0.1) is 30.5 Å². The molecule has 1 unspecified atom stereocenters. The highest BCUT2D eigenvalue weighted by molar-refractivity contribution is 6.35. The van der Waals surface area contributed by atoms with E-state index < -0.39 is 6.10 Å². The molecule has 0 radical (unpaired) electrons. The minimum Gasteiger partial charge on any atom is -0.390 e. The van der Waals surface area contributed by atoms with Gasteiger partial charge < -0.3 is 25.5 Å². The van der Waals surface area contributed by atoms with Crippen LogP contribution in [-0.2, 0) is 9.53 Å². The van der Waals surface area contributed by atoms with Crippen LogP contribution in [0.15, 0.2) is 18.2 Å². The number of benzene rings is 1. The van der Waals surface area contributed by atoms with Gasteiger partial charge in [0.25, 0.3) is 11.8 Å². The molecule has 1 atom stereocenters. The summed E-state index contributed by atoms with van der Waals surface area (Å²) < 4.78 is 5.32. The number of nitrogens with zero attached hydrogens (tertiary/aromatic N) is 1. The maximum Gasteiger partial charge on any atom is 0.256 e. The van der Waals surface area contributed by atoms with E-state index in [0.29, 0.717) is 30.9 Å². The van der Waals surface area contributed by atoms with Gasteiger partial charge in [0.15, 0.2) is 0 Å². The third-order valence-corrected chi connectivity index (χ3v) is 6.02. The highest BCUT2D eigenvalue weighted by Gasteiger charge is 2.26. The second-order valence-corrected chi connectivity index (χ2v) is 8.50. The van der Waals surface area contributed by atoms with Crippen molar-refractivity contribution >= 4 is 29.2 Å². The number of ether oxygens (including phenoxy) is 1. The van der Waals surface area contributed by atoms with E-state index in [1.54, 1.807) is 6.08 Å². The zero-order chi connectivity index (χ0) is 22.8. The molecular formula is C24H30N4O4. The smallest absolute Gasteiger partial charge is 0.256 e. The van der Waals surface area contributed by atoms with Crippen LogP contribution in [0.2, 0.25) is 0 Å². The number of carbonyl (C=O) groups is 2. The van der Waals surface area contributed by atoms with E-state index in [9.17, 15) is 14.7 Å². The first-order valence-corrected chi connectivity index (χ1v) is 10.9. The molecule has 3 heterocycles. The highest BCUT2D eigenvalue weighted by Crippen LogP contribution is 2.34. The molecule has 8 nitrogen and oxygen atoms in total. The maximum absolute atomic E-state index is 12.9. The Labute approximate surface area is 187 Å². The first-order chi connectivity index (χ1) is 15.3. The van der Waals surface area contributed by atoms with Crippen LogP contribution in [0.4, 0.5) is 5.69 Å². The molecule has 2 aliphatic rings. The topological polar surface area (TPSA) is 107 Å². The fourth-order valence-electron chi connectivity index (χ4n) is 4.29. The number of fused-ring (bicyclic) bond motifs is 1. The first-order valence-electron chi connectivity index (χ1n) is 10.9. The Hall–Kier alpha value is -2.94. The van der Waals surface area contributed by atoms with E-state index in [2.05, 4.69) is 20.5 Å². The average molecular weight is 439 g/mol. The van der Waals surface area contributed by atoms with Crippen LogP contribution >= 0.6 is 0 Å². The number of aliphatic hydroxyl groups excluding tert-OH is 1. The lowest BCUT2D eigenvalue weighted by molar-refractivity contribution is -0.110. The normalized spacial score (nSPS) is 18.5. The Morgan fingerprint density at radius 2 is 2.03 bits per heavy atom. The maximum atomic E-state index is 12.9. The molecule has 8 heteroatoms. The molecule has 0 bridgehead atoms. The lowest BCUT2D eigenvalue weighted by atomic mass is 10.0. The van der Waals surface area contributed by atoms with Gasteiger partial charge in [-0.15, -0.1) is 0 Å². The number of anilines is 1. The third kappa shape index (κ3) is 4.62. The summed E-state index contributed by atoms with van der Waals surface area (Å²) in [7, 11) is 0. The van der Waals surface area contributed by atoms with E-state index in [-0.39, 0.29) is 18.4 Å². The van der Waals surface area contributed by atoms with Crippen molar-refractivity contribution in [2.45, 2.75) is 26.9 Å². The largest absolute Gasteiger partial charge is 0.390 e. The molecule has 1 fully saturated rings. The van der Waals surface area contributed by atoms with Crippen molar-refractivity contribution in [2.75, 3.05) is 44.7 Å². The number of aromatic amines is 1. The number of carbonyl (C=O) groups excluding carboxylic acids is 2. The van der Waals surface area contributed by atoms with E-state index in [0.717, 1.165) is 46.9 Å². The fourth-order valence-corrected chi connectivity index (χ4v) is 4.29. The highest BCUT2D eigenvalue weighted by atomic mass is 16.5. The number of aryl methyl sites for hydroxylation is 2. The van der Waals surface area contributed by atoms with Crippen LogP contribution in [0.1, 0.15) is 38.4 Å². The van der Waals surface area contributed by atoms with E-state index in [4.69, 9.17) is 4.74 Å². The van der Waals surface area contributed by atoms with Crippen molar-refractivity contribution < 1.29 is 19.4 Å². The van der Waals surface area contributed by atoms with Gasteiger partial charge in [-0.3, -0.25) is 14.5 Å². The van der Waals surface area contributed by atoms with Gasteiger partial charge in [-0.2, -0.15) is 0 Å². The van der Waals surface area contributed by atoms with Crippen molar-refractivity contribution in [3.63, 3.8) is 0 Å². The number of rotatable bonds is 6. The predicted molar refractivity (Wildman–Crippen MR) is 124 cm³/mol. The summed E-state index contributed by atoms with van der Waals surface area (Å²) in [5.74, 6) is -0.400. The van der Waals surface area contributed by atoms with Crippen LogP contribution in [0, 0.1) is 20.8 Å². The summed E-state index contributed by atoms with van der Waals surface area (Å²) in [6.45, 7) is 9.26. The van der Waals surface area contributed by atoms with Gasteiger partial charge in [-0.1, -0.05) is 11.6 Å². The Balaban J connectivity index is 1.47. The summed E-state index contributed by atoms with van der Waals surface area (Å²) in [6, 6.07) is 5.84. The van der Waals surface area contributed by atoms with Crippen molar-refractivity contribution in [3.05, 3.63) is 51.8 Å². The number of morpholine rings is 1. The fraction of sp³-hybridized carbons (Fsp3) is 0.417. The monoisotopic (exact) mass is 438 g/mol. The summed E-state index contributed by atoms with van der Waals surface area (Å²) >= 11 is 0. The molecule has 0 saturated carbocycles. The lowest BCUT2D eigenvalue weighted by Crippen LogP contribution is -2.44. The molecule has 2 aliphatic heterocycles. The van der Waals surface area contributed by atoms with Crippen molar-refractivity contribution in [1.82, 2.24) is 15.2 Å². The van der Waals surface area contributed by atoms with Crippen LogP contribution < -0.4 is 10.6 Å².